The van der Waals surface area contributed by atoms with Crippen LogP contribution in [0.25, 0.3) is 0 Å². The largest absolute Gasteiger partial charge is 0.487 e. The molecule has 0 spiro atoms. The lowest BCUT2D eigenvalue weighted by molar-refractivity contribution is -0.132. The smallest absolute Gasteiger partial charge is 0.227 e. The second kappa shape index (κ2) is 8.72. The summed E-state index contributed by atoms with van der Waals surface area (Å²) in [6.45, 7) is 6.17. The predicted molar refractivity (Wildman–Crippen MR) is 112 cm³/mol. The van der Waals surface area contributed by atoms with Crippen molar-refractivity contribution in [3.05, 3.63) is 63.9 Å². The van der Waals surface area contributed by atoms with Gasteiger partial charge in [-0.05, 0) is 55.7 Å². The molecule has 0 saturated heterocycles. The van der Waals surface area contributed by atoms with Gasteiger partial charge in [-0.3, -0.25) is 4.79 Å². The van der Waals surface area contributed by atoms with E-state index in [1.807, 2.05) is 45.0 Å². The van der Waals surface area contributed by atoms with E-state index in [1.165, 1.54) is 6.07 Å². The summed E-state index contributed by atoms with van der Waals surface area (Å²) in [4.78, 5) is 14.3. The number of nitrogens with zero attached hydrogens (tertiary/aromatic N) is 1. The molecule has 0 aromatic heterocycles. The van der Waals surface area contributed by atoms with Crippen LogP contribution in [0.1, 0.15) is 37.5 Å². The van der Waals surface area contributed by atoms with Gasteiger partial charge in [0.15, 0.2) is 0 Å². The van der Waals surface area contributed by atoms with Crippen molar-refractivity contribution < 1.29 is 19.0 Å². The number of ether oxygens (including phenoxy) is 1. The lowest BCUT2D eigenvalue weighted by Crippen LogP contribution is -2.39. The Kier molecular flexibility index (Phi) is 6.49. The molecule has 3 rings (SSSR count). The highest BCUT2D eigenvalue weighted by atomic mass is 35.5. The van der Waals surface area contributed by atoms with Crippen molar-refractivity contribution in [2.45, 2.75) is 51.7 Å². The number of aliphatic hydroxyl groups excluding tert-OH is 1. The van der Waals surface area contributed by atoms with E-state index in [4.69, 9.17) is 16.3 Å². The molecule has 156 valence electrons. The zero-order chi connectivity index (χ0) is 21.2. The van der Waals surface area contributed by atoms with Crippen LogP contribution >= 0.6 is 11.6 Å². The fourth-order valence-corrected chi connectivity index (χ4v) is 4.04. The van der Waals surface area contributed by atoms with E-state index in [9.17, 15) is 14.3 Å². The second-order valence-electron chi connectivity index (χ2n) is 8.18. The number of hydrogen-bond acceptors (Lipinski definition) is 3. The first-order valence-corrected chi connectivity index (χ1v) is 10.2. The quantitative estimate of drug-likeness (QED) is 0.732. The Bertz CT molecular complexity index is 902. The molecule has 2 aromatic rings. The molecule has 1 heterocycles. The van der Waals surface area contributed by atoms with E-state index in [0.29, 0.717) is 19.4 Å². The van der Waals surface area contributed by atoms with Gasteiger partial charge in [0.25, 0.3) is 0 Å². The lowest BCUT2D eigenvalue weighted by Gasteiger charge is -2.26. The van der Waals surface area contributed by atoms with Gasteiger partial charge in [-0.15, -0.1) is 0 Å². The number of rotatable bonds is 7. The van der Waals surface area contributed by atoms with Crippen LogP contribution in [0.2, 0.25) is 5.02 Å². The first kappa shape index (κ1) is 21.6. The summed E-state index contributed by atoms with van der Waals surface area (Å²) in [6, 6.07) is 10.7. The van der Waals surface area contributed by atoms with Crippen molar-refractivity contribution in [1.82, 2.24) is 4.90 Å². The molecule has 0 radical (unpaired) electrons. The molecule has 2 aromatic carbocycles. The van der Waals surface area contributed by atoms with Gasteiger partial charge in [0.2, 0.25) is 5.91 Å². The molecule has 1 N–H and O–H groups in total. The highest BCUT2D eigenvalue weighted by molar-refractivity contribution is 6.30. The van der Waals surface area contributed by atoms with Crippen LogP contribution in [0, 0.1) is 5.82 Å². The van der Waals surface area contributed by atoms with Gasteiger partial charge in [0.05, 0.1) is 18.1 Å². The van der Waals surface area contributed by atoms with E-state index in [0.717, 1.165) is 22.4 Å². The van der Waals surface area contributed by atoms with Crippen molar-refractivity contribution >= 4 is 17.5 Å². The number of aliphatic hydroxyl groups is 1. The van der Waals surface area contributed by atoms with Gasteiger partial charge < -0.3 is 14.7 Å². The Hall–Kier alpha value is -2.11. The standard InChI is InChI=1S/C23H27ClFNO3/c1-15(2)26(8-9-27)22(28)12-16-5-7-21-18(10-16)14-23(3,29-21)13-17-4-6-19(24)20(25)11-17/h4-7,10-11,15,27H,8-9,12-14H2,1-3H3. The van der Waals surface area contributed by atoms with Gasteiger partial charge >= 0.3 is 0 Å². The van der Waals surface area contributed by atoms with E-state index < -0.39 is 11.4 Å². The predicted octanol–water partition coefficient (Wildman–Crippen LogP) is 4.19. The van der Waals surface area contributed by atoms with Crippen LogP contribution in [-0.2, 0) is 24.1 Å². The Morgan fingerprint density at radius 1 is 1.28 bits per heavy atom. The Morgan fingerprint density at radius 2 is 2.00 bits per heavy atom. The molecular weight excluding hydrogens is 393 g/mol. The zero-order valence-corrected chi connectivity index (χ0v) is 17.8. The Labute approximate surface area is 176 Å². The highest BCUT2D eigenvalue weighted by Crippen LogP contribution is 2.38. The molecule has 0 bridgehead atoms. The number of halogens is 2. The summed E-state index contributed by atoms with van der Waals surface area (Å²) in [6.07, 6.45) is 1.52. The van der Waals surface area contributed by atoms with E-state index in [2.05, 4.69) is 0 Å². The van der Waals surface area contributed by atoms with Crippen LogP contribution in [0.5, 0.6) is 5.75 Å². The van der Waals surface area contributed by atoms with E-state index in [1.54, 1.807) is 11.0 Å². The molecule has 29 heavy (non-hydrogen) atoms. The summed E-state index contributed by atoms with van der Waals surface area (Å²) in [7, 11) is 0. The van der Waals surface area contributed by atoms with Crippen molar-refractivity contribution in [3.63, 3.8) is 0 Å². The third-order valence-corrected chi connectivity index (χ3v) is 5.55. The molecule has 0 fully saturated rings. The summed E-state index contributed by atoms with van der Waals surface area (Å²) in [5.74, 6) is 0.364. The maximum atomic E-state index is 13.8. The molecule has 1 amide bonds. The molecule has 1 atom stereocenters. The topological polar surface area (TPSA) is 49.8 Å². The monoisotopic (exact) mass is 419 g/mol. The van der Waals surface area contributed by atoms with Crippen molar-refractivity contribution in [1.29, 1.82) is 0 Å². The Morgan fingerprint density at radius 3 is 2.66 bits per heavy atom. The third kappa shape index (κ3) is 5.09. The van der Waals surface area contributed by atoms with Crippen LogP contribution < -0.4 is 4.74 Å². The summed E-state index contributed by atoms with van der Waals surface area (Å²) in [5, 5.41) is 9.31. The Balaban J connectivity index is 1.71. The molecule has 4 nitrogen and oxygen atoms in total. The number of hydrogen-bond donors (Lipinski definition) is 1. The second-order valence-corrected chi connectivity index (χ2v) is 8.58. The fraction of sp³-hybridized carbons (Fsp3) is 0.435. The maximum Gasteiger partial charge on any atom is 0.227 e. The number of carbonyl (C=O) groups is 1. The number of amides is 1. The normalized spacial score (nSPS) is 17.9. The molecule has 6 heteroatoms. The van der Waals surface area contributed by atoms with Gasteiger partial charge in [0, 0.05) is 25.4 Å². The first-order valence-electron chi connectivity index (χ1n) is 9.86. The van der Waals surface area contributed by atoms with Gasteiger partial charge in [-0.1, -0.05) is 29.8 Å². The summed E-state index contributed by atoms with van der Waals surface area (Å²) in [5.41, 5.74) is 2.31. The minimum Gasteiger partial charge on any atom is -0.487 e. The molecule has 1 unspecified atom stereocenters. The lowest BCUT2D eigenvalue weighted by atomic mass is 9.91. The molecular formula is C23H27ClFNO3. The molecule has 1 aliphatic rings. The molecule has 0 aliphatic carbocycles. The highest BCUT2D eigenvalue weighted by Gasteiger charge is 2.35. The third-order valence-electron chi connectivity index (χ3n) is 5.25. The average molecular weight is 420 g/mol. The first-order chi connectivity index (χ1) is 13.7. The van der Waals surface area contributed by atoms with Crippen LogP contribution in [-0.4, -0.2) is 40.7 Å². The van der Waals surface area contributed by atoms with Crippen molar-refractivity contribution in [2.24, 2.45) is 0 Å². The number of carbonyl (C=O) groups excluding carboxylic acids is 1. The molecule has 1 aliphatic heterocycles. The maximum absolute atomic E-state index is 13.8. The number of fused-ring (bicyclic) bond motifs is 1. The number of benzene rings is 2. The zero-order valence-electron chi connectivity index (χ0n) is 17.0. The van der Waals surface area contributed by atoms with Gasteiger partial charge in [-0.2, -0.15) is 0 Å². The summed E-state index contributed by atoms with van der Waals surface area (Å²) < 4.78 is 19.9. The fourth-order valence-electron chi connectivity index (χ4n) is 3.92. The van der Waals surface area contributed by atoms with Gasteiger partial charge in [0.1, 0.15) is 17.2 Å². The minimum atomic E-state index is -0.480. The molecule has 0 saturated carbocycles. The van der Waals surface area contributed by atoms with E-state index >= 15 is 0 Å². The van der Waals surface area contributed by atoms with E-state index in [-0.39, 0.29) is 30.0 Å². The van der Waals surface area contributed by atoms with Crippen LogP contribution in [0.3, 0.4) is 0 Å². The average Bonchev–Trinajstić information content (AvgIpc) is 2.97. The summed E-state index contributed by atoms with van der Waals surface area (Å²) >= 11 is 5.77. The van der Waals surface area contributed by atoms with Crippen LogP contribution in [0.4, 0.5) is 4.39 Å². The SMILES string of the molecule is CC(C)N(CCO)C(=O)Cc1ccc2c(c1)CC(C)(Cc1ccc(Cl)c(F)c1)O2. The van der Waals surface area contributed by atoms with Crippen LogP contribution in [0.15, 0.2) is 36.4 Å². The minimum absolute atomic E-state index is 0.00711. The van der Waals surface area contributed by atoms with Crippen molar-refractivity contribution in [2.75, 3.05) is 13.2 Å². The van der Waals surface area contributed by atoms with Crippen molar-refractivity contribution in [3.8, 4) is 5.75 Å². The van der Waals surface area contributed by atoms with Gasteiger partial charge in [-0.25, -0.2) is 4.39 Å².